The van der Waals surface area contributed by atoms with Gasteiger partial charge in [0, 0.05) is 0 Å². The zero-order chi connectivity index (χ0) is 14.3. The quantitative estimate of drug-likeness (QED) is 0.548. The Bertz CT molecular complexity index is 411. The summed E-state index contributed by atoms with van der Waals surface area (Å²) in [6, 6.07) is 2.04. The summed E-state index contributed by atoms with van der Waals surface area (Å²) in [5, 5.41) is 27.2. The summed E-state index contributed by atoms with van der Waals surface area (Å²) in [7, 11) is 0. The third-order valence-corrected chi connectivity index (χ3v) is 1.58. The second-order valence-corrected chi connectivity index (χ2v) is 3.49. The summed E-state index contributed by atoms with van der Waals surface area (Å²) in [5.74, 6) is -2.28. The fourth-order valence-corrected chi connectivity index (χ4v) is 0.936. The van der Waals surface area contributed by atoms with Gasteiger partial charge in [0.15, 0.2) is 17.2 Å². The molecule has 1 rings (SSSR count). The summed E-state index contributed by atoms with van der Waals surface area (Å²) in [6.45, 7) is 4.89. The molecule has 0 aliphatic rings. The molecule has 0 radical (unpaired) electrons. The zero-order valence-electron chi connectivity index (χ0n) is 10.4. The lowest BCUT2D eigenvalue weighted by Crippen LogP contribution is -2.04. The number of carbonyl (C=O) groups is 2. The van der Waals surface area contributed by atoms with Gasteiger partial charge in [0.2, 0.25) is 0 Å². The molecule has 6 heteroatoms. The molecule has 1 aromatic rings. The Hall–Kier alpha value is -2.24. The first-order valence-corrected chi connectivity index (χ1v) is 5.18. The van der Waals surface area contributed by atoms with Crippen LogP contribution in [0.2, 0.25) is 0 Å². The molecule has 18 heavy (non-hydrogen) atoms. The van der Waals surface area contributed by atoms with E-state index in [1.165, 1.54) is 13.8 Å². The Morgan fingerprint density at radius 1 is 1.11 bits per heavy atom. The van der Waals surface area contributed by atoms with Gasteiger partial charge in [-0.3, -0.25) is 0 Å². The lowest BCUT2D eigenvalue weighted by Gasteiger charge is -2.04. The summed E-state index contributed by atoms with van der Waals surface area (Å²) in [5.41, 5.74) is -0.0142. The highest BCUT2D eigenvalue weighted by Gasteiger charge is 2.13. The van der Waals surface area contributed by atoms with Crippen LogP contribution in [-0.2, 0) is 9.53 Å². The number of ether oxygens (including phenoxy) is 1. The molecular weight excluding hydrogens is 240 g/mol. The molecule has 0 aliphatic heterocycles. The minimum Gasteiger partial charge on any atom is -0.504 e. The van der Waals surface area contributed by atoms with E-state index in [0.717, 1.165) is 12.1 Å². The lowest BCUT2D eigenvalue weighted by atomic mass is 10.2. The summed E-state index contributed by atoms with van der Waals surface area (Å²) >= 11 is 0. The van der Waals surface area contributed by atoms with E-state index in [-0.39, 0.29) is 18.0 Å². The smallest absolute Gasteiger partial charge is 0.338 e. The van der Waals surface area contributed by atoms with Crippen molar-refractivity contribution < 1.29 is 29.6 Å². The molecule has 0 fully saturated rings. The van der Waals surface area contributed by atoms with Crippen molar-refractivity contribution in [2.24, 2.45) is 0 Å². The maximum atomic E-state index is 11.1. The molecule has 0 aromatic heterocycles. The summed E-state index contributed by atoms with van der Waals surface area (Å²) in [6.07, 6.45) is 0. The predicted octanol–water partition coefficient (Wildman–Crippen LogP) is 1.58. The molecule has 0 atom stereocenters. The van der Waals surface area contributed by atoms with E-state index in [4.69, 9.17) is 15.3 Å². The molecule has 6 nitrogen and oxygen atoms in total. The van der Waals surface area contributed by atoms with Gasteiger partial charge in [0.05, 0.1) is 12.2 Å². The maximum Gasteiger partial charge on any atom is 0.338 e. The van der Waals surface area contributed by atoms with Gasteiger partial charge in [0.25, 0.3) is 0 Å². The van der Waals surface area contributed by atoms with E-state index in [9.17, 15) is 9.59 Å². The first kappa shape index (κ1) is 15.8. The normalized spacial score (nSPS) is 9.06. The number of esters is 1. The average molecular weight is 256 g/mol. The first-order valence-electron chi connectivity index (χ1n) is 5.18. The third-order valence-electron chi connectivity index (χ3n) is 1.58. The summed E-state index contributed by atoms with van der Waals surface area (Å²) in [4.78, 5) is 20.6. The minimum atomic E-state index is -0.668. The van der Waals surface area contributed by atoms with Crippen molar-refractivity contribution in [3.63, 3.8) is 0 Å². The van der Waals surface area contributed by atoms with E-state index in [0.29, 0.717) is 0 Å². The Morgan fingerprint density at radius 2 is 1.50 bits per heavy atom. The number of phenolic OH excluding ortho intramolecular Hbond substituents is 3. The molecule has 0 saturated carbocycles. The number of aromatic hydroxyl groups is 3. The highest BCUT2D eigenvalue weighted by molar-refractivity contribution is 5.91. The number of benzene rings is 1. The fourth-order valence-electron chi connectivity index (χ4n) is 0.936. The van der Waals surface area contributed by atoms with Crippen LogP contribution in [0.3, 0.4) is 0 Å². The Balaban J connectivity index is 0.000000631. The number of phenols is 3. The van der Waals surface area contributed by atoms with Crippen molar-refractivity contribution in [2.45, 2.75) is 20.8 Å². The molecule has 0 spiro atoms. The van der Waals surface area contributed by atoms with E-state index >= 15 is 0 Å². The van der Waals surface area contributed by atoms with Gasteiger partial charge in [-0.25, -0.2) is 4.79 Å². The largest absolute Gasteiger partial charge is 0.504 e. The van der Waals surface area contributed by atoms with Crippen LogP contribution in [0.1, 0.15) is 31.1 Å². The van der Waals surface area contributed by atoms with Gasteiger partial charge in [-0.15, -0.1) is 0 Å². The van der Waals surface area contributed by atoms with E-state index in [2.05, 4.69) is 4.74 Å². The molecule has 100 valence electrons. The molecule has 0 bridgehead atoms. The number of Topliss-reactive ketones (excluding diaryl/α,β-unsaturated/α-hetero) is 1. The van der Waals surface area contributed by atoms with Crippen molar-refractivity contribution in [1.82, 2.24) is 0 Å². The van der Waals surface area contributed by atoms with Gasteiger partial charge < -0.3 is 24.9 Å². The van der Waals surface area contributed by atoms with Gasteiger partial charge in [-0.2, -0.15) is 0 Å². The summed E-state index contributed by atoms with van der Waals surface area (Å²) < 4.78 is 4.63. The van der Waals surface area contributed by atoms with Crippen molar-refractivity contribution in [1.29, 1.82) is 0 Å². The molecule has 1 aromatic carbocycles. The van der Waals surface area contributed by atoms with Crippen LogP contribution >= 0.6 is 0 Å². The van der Waals surface area contributed by atoms with Crippen LogP contribution in [0.15, 0.2) is 12.1 Å². The van der Waals surface area contributed by atoms with Gasteiger partial charge in [0.1, 0.15) is 5.78 Å². The van der Waals surface area contributed by atoms with Crippen molar-refractivity contribution >= 4 is 11.8 Å². The number of ketones is 1. The molecular formula is C12H16O6. The van der Waals surface area contributed by atoms with E-state index in [1.807, 2.05) is 0 Å². The monoisotopic (exact) mass is 256 g/mol. The van der Waals surface area contributed by atoms with Crippen LogP contribution in [0, 0.1) is 0 Å². The fraction of sp³-hybridized carbons (Fsp3) is 0.333. The number of hydrogen-bond donors (Lipinski definition) is 3. The van der Waals surface area contributed by atoms with Crippen molar-refractivity contribution in [2.75, 3.05) is 6.61 Å². The Morgan fingerprint density at radius 3 is 1.83 bits per heavy atom. The lowest BCUT2D eigenvalue weighted by molar-refractivity contribution is -0.115. The van der Waals surface area contributed by atoms with Crippen LogP contribution in [-0.4, -0.2) is 33.7 Å². The second-order valence-electron chi connectivity index (χ2n) is 3.49. The Kier molecular flexibility index (Phi) is 6.27. The minimum absolute atomic E-state index is 0.0142. The van der Waals surface area contributed by atoms with Gasteiger partial charge in [-0.1, -0.05) is 0 Å². The van der Waals surface area contributed by atoms with Gasteiger partial charge in [-0.05, 0) is 32.9 Å². The van der Waals surface area contributed by atoms with E-state index in [1.54, 1.807) is 6.92 Å². The number of carbonyl (C=O) groups excluding carboxylic acids is 2. The molecule has 0 heterocycles. The Labute approximate surface area is 104 Å². The third kappa shape index (κ3) is 5.20. The molecule has 3 N–H and O–H groups in total. The van der Waals surface area contributed by atoms with Crippen molar-refractivity contribution in [3.8, 4) is 17.2 Å². The van der Waals surface area contributed by atoms with Crippen LogP contribution < -0.4 is 0 Å². The highest BCUT2D eigenvalue weighted by Crippen LogP contribution is 2.35. The topological polar surface area (TPSA) is 104 Å². The molecule has 0 aliphatic carbocycles. The SMILES string of the molecule is CC(C)=O.CCOC(=O)c1cc(O)c(O)c(O)c1. The maximum absolute atomic E-state index is 11.1. The molecule has 0 unspecified atom stereocenters. The van der Waals surface area contributed by atoms with Crippen molar-refractivity contribution in [3.05, 3.63) is 17.7 Å². The van der Waals surface area contributed by atoms with E-state index < -0.39 is 23.2 Å². The zero-order valence-corrected chi connectivity index (χ0v) is 10.4. The first-order chi connectivity index (χ1) is 8.29. The van der Waals surface area contributed by atoms with Crippen LogP contribution in [0.25, 0.3) is 0 Å². The molecule has 0 saturated heterocycles. The second kappa shape index (κ2) is 7.16. The number of hydrogen-bond acceptors (Lipinski definition) is 6. The predicted molar refractivity (Wildman–Crippen MR) is 63.7 cm³/mol. The van der Waals surface area contributed by atoms with Crippen LogP contribution in [0.4, 0.5) is 0 Å². The standard InChI is InChI=1S/C9H10O5.C3H6O/c1-2-14-9(13)5-3-6(10)8(12)7(11)4-5;1-3(2)4/h3-4,10-12H,2H2,1H3;1-2H3. The van der Waals surface area contributed by atoms with Gasteiger partial charge >= 0.3 is 5.97 Å². The average Bonchev–Trinajstić information content (AvgIpc) is 2.24. The number of rotatable bonds is 2. The molecule has 0 amide bonds. The highest BCUT2D eigenvalue weighted by atomic mass is 16.5. The van der Waals surface area contributed by atoms with Crippen LogP contribution in [0.5, 0.6) is 17.2 Å².